The molecule has 1 N–H and O–H groups in total. The SMILES string of the molecule is CCOc1ccc(NC(=O)c2cnoc2C)cc1. The summed E-state index contributed by atoms with van der Waals surface area (Å²) in [4.78, 5) is 11.9. The molecule has 0 saturated carbocycles. The van der Waals surface area contributed by atoms with Crippen molar-refractivity contribution in [2.75, 3.05) is 11.9 Å². The zero-order valence-electron chi connectivity index (χ0n) is 10.3. The van der Waals surface area contributed by atoms with Gasteiger partial charge in [0.2, 0.25) is 0 Å². The van der Waals surface area contributed by atoms with E-state index in [0.717, 1.165) is 5.75 Å². The van der Waals surface area contributed by atoms with Crippen LogP contribution in [-0.4, -0.2) is 17.7 Å². The molecule has 0 aliphatic rings. The average molecular weight is 246 g/mol. The van der Waals surface area contributed by atoms with Gasteiger partial charge in [0.1, 0.15) is 17.1 Å². The van der Waals surface area contributed by atoms with Gasteiger partial charge in [-0.1, -0.05) is 5.16 Å². The monoisotopic (exact) mass is 246 g/mol. The molecule has 1 amide bonds. The smallest absolute Gasteiger partial charge is 0.260 e. The Bertz CT molecular complexity index is 531. The molecule has 0 aliphatic heterocycles. The maximum atomic E-state index is 11.9. The highest BCUT2D eigenvalue weighted by atomic mass is 16.5. The molecule has 0 fully saturated rings. The quantitative estimate of drug-likeness (QED) is 0.900. The summed E-state index contributed by atoms with van der Waals surface area (Å²) in [5.74, 6) is 1.04. The van der Waals surface area contributed by atoms with Crippen LogP contribution in [0.15, 0.2) is 35.0 Å². The maximum Gasteiger partial charge on any atom is 0.260 e. The predicted octanol–water partition coefficient (Wildman–Crippen LogP) is 2.63. The Morgan fingerprint density at radius 3 is 2.67 bits per heavy atom. The fourth-order valence-electron chi connectivity index (χ4n) is 1.52. The van der Waals surface area contributed by atoms with Crippen molar-refractivity contribution in [3.8, 4) is 5.75 Å². The van der Waals surface area contributed by atoms with E-state index >= 15 is 0 Å². The first-order valence-electron chi connectivity index (χ1n) is 5.66. The molecule has 0 saturated heterocycles. The molecule has 0 aliphatic carbocycles. The van der Waals surface area contributed by atoms with Crippen LogP contribution < -0.4 is 10.1 Å². The first-order valence-corrected chi connectivity index (χ1v) is 5.66. The lowest BCUT2D eigenvalue weighted by Gasteiger charge is -2.06. The molecule has 2 aromatic rings. The molecule has 0 spiro atoms. The summed E-state index contributed by atoms with van der Waals surface area (Å²) >= 11 is 0. The fraction of sp³-hybridized carbons (Fsp3) is 0.231. The minimum absolute atomic E-state index is 0.238. The second kappa shape index (κ2) is 5.35. The molecular formula is C13H14N2O3. The van der Waals surface area contributed by atoms with Gasteiger partial charge in [-0.05, 0) is 38.1 Å². The number of nitrogens with zero attached hydrogens (tertiary/aromatic N) is 1. The number of amides is 1. The van der Waals surface area contributed by atoms with Crippen LogP contribution in [0.25, 0.3) is 0 Å². The minimum atomic E-state index is -0.238. The van der Waals surface area contributed by atoms with Gasteiger partial charge in [-0.15, -0.1) is 0 Å². The van der Waals surface area contributed by atoms with Gasteiger partial charge in [-0.2, -0.15) is 0 Å². The molecule has 1 aromatic heterocycles. The Balaban J connectivity index is 2.05. The lowest BCUT2D eigenvalue weighted by Crippen LogP contribution is -2.12. The molecule has 18 heavy (non-hydrogen) atoms. The molecular weight excluding hydrogens is 232 g/mol. The molecule has 5 nitrogen and oxygen atoms in total. The van der Waals surface area contributed by atoms with Crippen LogP contribution in [0.5, 0.6) is 5.75 Å². The highest BCUT2D eigenvalue weighted by molar-refractivity contribution is 6.04. The lowest BCUT2D eigenvalue weighted by molar-refractivity contribution is 0.102. The summed E-state index contributed by atoms with van der Waals surface area (Å²) in [6.45, 7) is 4.23. The number of hydrogen-bond acceptors (Lipinski definition) is 4. The Labute approximate surface area is 105 Å². The van der Waals surface area contributed by atoms with E-state index in [-0.39, 0.29) is 5.91 Å². The number of nitrogens with one attached hydrogen (secondary N) is 1. The van der Waals surface area contributed by atoms with Crippen LogP contribution >= 0.6 is 0 Å². The van der Waals surface area contributed by atoms with Crippen molar-refractivity contribution >= 4 is 11.6 Å². The molecule has 1 heterocycles. The normalized spacial score (nSPS) is 10.1. The van der Waals surface area contributed by atoms with Gasteiger partial charge in [0.15, 0.2) is 0 Å². The van der Waals surface area contributed by atoms with Gasteiger partial charge >= 0.3 is 0 Å². The Morgan fingerprint density at radius 2 is 2.11 bits per heavy atom. The third kappa shape index (κ3) is 2.68. The largest absolute Gasteiger partial charge is 0.494 e. The summed E-state index contributed by atoms with van der Waals surface area (Å²) in [6.07, 6.45) is 1.40. The topological polar surface area (TPSA) is 64.4 Å². The summed E-state index contributed by atoms with van der Waals surface area (Å²) in [5.41, 5.74) is 1.13. The zero-order chi connectivity index (χ0) is 13.0. The van der Waals surface area contributed by atoms with Crippen molar-refractivity contribution in [3.63, 3.8) is 0 Å². The molecule has 0 atom stereocenters. The van der Waals surface area contributed by atoms with Crippen LogP contribution in [0.3, 0.4) is 0 Å². The molecule has 2 rings (SSSR count). The second-order valence-corrected chi connectivity index (χ2v) is 3.71. The minimum Gasteiger partial charge on any atom is -0.494 e. The Hall–Kier alpha value is -2.30. The van der Waals surface area contributed by atoms with E-state index in [2.05, 4.69) is 10.5 Å². The van der Waals surface area contributed by atoms with Crippen molar-refractivity contribution < 1.29 is 14.1 Å². The summed E-state index contributed by atoms with van der Waals surface area (Å²) in [6, 6.07) is 7.18. The van der Waals surface area contributed by atoms with Crippen LogP contribution in [-0.2, 0) is 0 Å². The van der Waals surface area contributed by atoms with Gasteiger partial charge < -0.3 is 14.6 Å². The number of aromatic nitrogens is 1. The molecule has 1 aromatic carbocycles. The van der Waals surface area contributed by atoms with E-state index in [4.69, 9.17) is 9.26 Å². The first kappa shape index (κ1) is 12.2. The number of aryl methyl sites for hydroxylation is 1. The zero-order valence-corrected chi connectivity index (χ0v) is 10.3. The summed E-state index contributed by atoms with van der Waals surface area (Å²) < 4.78 is 10.2. The van der Waals surface area contributed by atoms with Gasteiger partial charge in [0.05, 0.1) is 12.8 Å². The van der Waals surface area contributed by atoms with E-state index in [1.165, 1.54) is 6.20 Å². The molecule has 0 radical (unpaired) electrons. The van der Waals surface area contributed by atoms with Gasteiger partial charge in [-0.3, -0.25) is 4.79 Å². The van der Waals surface area contributed by atoms with E-state index in [1.807, 2.05) is 6.92 Å². The van der Waals surface area contributed by atoms with Crippen molar-refractivity contribution in [3.05, 3.63) is 41.8 Å². The van der Waals surface area contributed by atoms with Crippen molar-refractivity contribution in [2.24, 2.45) is 0 Å². The fourth-order valence-corrected chi connectivity index (χ4v) is 1.52. The van der Waals surface area contributed by atoms with E-state index in [0.29, 0.717) is 23.6 Å². The first-order chi connectivity index (χ1) is 8.70. The second-order valence-electron chi connectivity index (χ2n) is 3.71. The van der Waals surface area contributed by atoms with E-state index in [1.54, 1.807) is 31.2 Å². The maximum absolute atomic E-state index is 11.9. The van der Waals surface area contributed by atoms with Gasteiger partial charge in [-0.25, -0.2) is 0 Å². The molecule has 0 unspecified atom stereocenters. The number of benzene rings is 1. The summed E-state index contributed by atoms with van der Waals surface area (Å²) in [7, 11) is 0. The predicted molar refractivity (Wildman–Crippen MR) is 66.8 cm³/mol. The third-order valence-corrected chi connectivity index (χ3v) is 2.42. The number of anilines is 1. The number of carbonyl (C=O) groups is 1. The van der Waals surface area contributed by atoms with E-state index in [9.17, 15) is 4.79 Å². The highest BCUT2D eigenvalue weighted by Gasteiger charge is 2.12. The molecule has 0 bridgehead atoms. The van der Waals surface area contributed by atoms with Crippen LogP contribution in [0.2, 0.25) is 0 Å². The Morgan fingerprint density at radius 1 is 1.39 bits per heavy atom. The van der Waals surface area contributed by atoms with Gasteiger partial charge in [0, 0.05) is 5.69 Å². The van der Waals surface area contributed by atoms with Crippen molar-refractivity contribution in [2.45, 2.75) is 13.8 Å². The number of rotatable bonds is 4. The Kier molecular flexibility index (Phi) is 3.62. The average Bonchev–Trinajstić information content (AvgIpc) is 2.78. The van der Waals surface area contributed by atoms with E-state index < -0.39 is 0 Å². The standard InChI is InChI=1S/C13H14N2O3/c1-3-17-11-6-4-10(5-7-11)15-13(16)12-8-14-18-9(12)2/h4-8H,3H2,1-2H3,(H,15,16). The number of hydrogen-bond donors (Lipinski definition) is 1. The van der Waals surface area contributed by atoms with Crippen LogP contribution in [0.4, 0.5) is 5.69 Å². The van der Waals surface area contributed by atoms with Gasteiger partial charge in [0.25, 0.3) is 5.91 Å². The molecule has 5 heteroatoms. The number of carbonyl (C=O) groups excluding carboxylic acids is 1. The number of ether oxygens (including phenoxy) is 1. The van der Waals surface area contributed by atoms with Crippen molar-refractivity contribution in [1.29, 1.82) is 0 Å². The highest BCUT2D eigenvalue weighted by Crippen LogP contribution is 2.17. The van der Waals surface area contributed by atoms with Crippen molar-refractivity contribution in [1.82, 2.24) is 5.16 Å². The lowest BCUT2D eigenvalue weighted by atomic mass is 10.2. The molecule has 94 valence electrons. The third-order valence-electron chi connectivity index (χ3n) is 2.42. The van der Waals surface area contributed by atoms with Crippen LogP contribution in [0.1, 0.15) is 23.0 Å². The van der Waals surface area contributed by atoms with Crippen LogP contribution in [0, 0.1) is 6.92 Å². The summed E-state index contributed by atoms with van der Waals surface area (Å²) in [5, 5.41) is 6.33.